The third-order valence-corrected chi connectivity index (χ3v) is 7.67. The van der Waals surface area contributed by atoms with Gasteiger partial charge in [-0.25, -0.2) is 0 Å². The molecule has 4 aromatic rings. The summed E-state index contributed by atoms with van der Waals surface area (Å²) in [5, 5.41) is 13.3. The average molecular weight is 490 g/mol. The molecule has 1 aliphatic rings. The SMILES string of the molecule is CC(C)CCn1c(=O)c2ccc(C(=O)NC3CCCC3)cc2n2c(SCc3ccccc3)nnc12. The molecule has 0 aliphatic heterocycles. The predicted octanol–water partition coefficient (Wildman–Crippen LogP) is 5.06. The van der Waals surface area contributed by atoms with Gasteiger partial charge in [-0.15, -0.1) is 10.2 Å². The first kappa shape index (κ1) is 23.6. The zero-order valence-corrected chi connectivity index (χ0v) is 21.1. The second-order valence-corrected chi connectivity index (χ2v) is 10.7. The predicted molar refractivity (Wildman–Crippen MR) is 140 cm³/mol. The molecule has 2 heterocycles. The van der Waals surface area contributed by atoms with Crippen LogP contribution in [0.25, 0.3) is 16.7 Å². The number of aryl methyl sites for hydroxylation is 1. The molecule has 35 heavy (non-hydrogen) atoms. The van der Waals surface area contributed by atoms with Gasteiger partial charge in [-0.3, -0.25) is 18.6 Å². The largest absolute Gasteiger partial charge is 0.349 e. The molecule has 1 amide bonds. The minimum atomic E-state index is -0.0949. The van der Waals surface area contributed by atoms with Crippen LogP contribution in [-0.2, 0) is 12.3 Å². The Morgan fingerprint density at radius 2 is 1.89 bits per heavy atom. The molecule has 1 aliphatic carbocycles. The van der Waals surface area contributed by atoms with Crippen molar-refractivity contribution >= 4 is 34.3 Å². The lowest BCUT2D eigenvalue weighted by Gasteiger charge is -2.14. The first-order chi connectivity index (χ1) is 17.0. The Morgan fingerprint density at radius 3 is 2.63 bits per heavy atom. The van der Waals surface area contributed by atoms with Gasteiger partial charge in [-0.2, -0.15) is 0 Å². The number of hydrogen-bond acceptors (Lipinski definition) is 5. The molecular weight excluding hydrogens is 458 g/mol. The van der Waals surface area contributed by atoms with E-state index < -0.39 is 0 Å². The second-order valence-electron chi connectivity index (χ2n) is 9.72. The molecule has 2 aromatic carbocycles. The highest BCUT2D eigenvalue weighted by atomic mass is 32.2. The van der Waals surface area contributed by atoms with Crippen molar-refractivity contribution in [3.63, 3.8) is 0 Å². The van der Waals surface area contributed by atoms with Gasteiger partial charge >= 0.3 is 0 Å². The van der Waals surface area contributed by atoms with Gasteiger partial charge in [0.25, 0.3) is 11.5 Å². The molecule has 1 saturated carbocycles. The van der Waals surface area contributed by atoms with Crippen LogP contribution < -0.4 is 10.9 Å². The first-order valence-electron chi connectivity index (χ1n) is 12.4. The summed E-state index contributed by atoms with van der Waals surface area (Å²) >= 11 is 1.58. The minimum Gasteiger partial charge on any atom is -0.349 e. The van der Waals surface area contributed by atoms with Gasteiger partial charge in [0, 0.05) is 23.9 Å². The third kappa shape index (κ3) is 4.98. The summed E-state index contributed by atoms with van der Waals surface area (Å²) in [5.41, 5.74) is 2.31. The molecule has 0 spiro atoms. The fourth-order valence-corrected chi connectivity index (χ4v) is 5.56. The zero-order chi connectivity index (χ0) is 24.4. The lowest BCUT2D eigenvalue weighted by atomic mass is 10.1. The van der Waals surface area contributed by atoms with Gasteiger partial charge in [0.1, 0.15) is 0 Å². The topological polar surface area (TPSA) is 81.3 Å². The number of nitrogens with one attached hydrogen (secondary N) is 1. The van der Waals surface area contributed by atoms with Crippen molar-refractivity contribution in [2.24, 2.45) is 5.92 Å². The van der Waals surface area contributed by atoms with E-state index in [0.717, 1.165) is 37.9 Å². The molecule has 2 aromatic heterocycles. The van der Waals surface area contributed by atoms with E-state index in [1.54, 1.807) is 28.5 Å². The molecule has 1 fully saturated rings. The monoisotopic (exact) mass is 489 g/mol. The molecule has 5 rings (SSSR count). The Labute approximate surface area is 208 Å². The van der Waals surface area contributed by atoms with Gasteiger partial charge in [-0.1, -0.05) is 68.8 Å². The van der Waals surface area contributed by atoms with Gasteiger partial charge in [0.15, 0.2) is 5.16 Å². The summed E-state index contributed by atoms with van der Waals surface area (Å²) in [4.78, 5) is 26.5. The van der Waals surface area contributed by atoms with Crippen molar-refractivity contribution in [3.05, 3.63) is 70.0 Å². The molecule has 0 radical (unpaired) electrons. The summed E-state index contributed by atoms with van der Waals surface area (Å²) in [6, 6.07) is 15.8. The van der Waals surface area contributed by atoms with E-state index in [1.165, 1.54) is 5.56 Å². The number of aromatic nitrogens is 4. The number of carbonyl (C=O) groups excluding carboxylic acids is 1. The van der Waals surface area contributed by atoms with Crippen molar-refractivity contribution in [1.29, 1.82) is 0 Å². The van der Waals surface area contributed by atoms with Crippen LogP contribution in [-0.4, -0.2) is 31.1 Å². The molecule has 0 saturated heterocycles. The number of hydrogen-bond donors (Lipinski definition) is 1. The van der Waals surface area contributed by atoms with E-state index in [2.05, 4.69) is 41.5 Å². The van der Waals surface area contributed by atoms with Crippen molar-refractivity contribution in [2.75, 3.05) is 0 Å². The maximum atomic E-state index is 13.5. The van der Waals surface area contributed by atoms with Gasteiger partial charge in [0.05, 0.1) is 10.9 Å². The number of amides is 1. The van der Waals surface area contributed by atoms with Crippen LogP contribution in [0.2, 0.25) is 0 Å². The fraction of sp³-hybridized carbons (Fsp3) is 0.407. The van der Waals surface area contributed by atoms with Crippen LogP contribution in [0.4, 0.5) is 0 Å². The van der Waals surface area contributed by atoms with E-state index in [4.69, 9.17) is 0 Å². The number of fused-ring (bicyclic) bond motifs is 3. The van der Waals surface area contributed by atoms with Crippen LogP contribution in [0.3, 0.4) is 0 Å². The lowest BCUT2D eigenvalue weighted by Crippen LogP contribution is -2.32. The normalized spacial score (nSPS) is 14.4. The van der Waals surface area contributed by atoms with Crippen LogP contribution in [0, 0.1) is 5.92 Å². The zero-order valence-electron chi connectivity index (χ0n) is 20.2. The van der Waals surface area contributed by atoms with E-state index >= 15 is 0 Å². The van der Waals surface area contributed by atoms with Gasteiger partial charge in [0.2, 0.25) is 5.78 Å². The molecule has 8 heteroatoms. The molecule has 7 nitrogen and oxygen atoms in total. The van der Waals surface area contributed by atoms with Gasteiger partial charge in [-0.05, 0) is 48.9 Å². The highest BCUT2D eigenvalue weighted by molar-refractivity contribution is 7.98. The Bertz CT molecular complexity index is 1400. The standard InChI is InChI=1S/C27H31N5O2S/c1-18(2)14-15-31-25(34)22-13-12-20(24(33)28-21-10-6-7-11-21)16-23(22)32-26(31)29-30-27(32)35-17-19-8-4-3-5-9-19/h3-5,8-9,12-13,16,18,21H,6-7,10-11,14-15,17H2,1-2H3,(H,28,33). The number of rotatable bonds is 8. The Morgan fingerprint density at radius 1 is 1.11 bits per heavy atom. The van der Waals surface area contributed by atoms with Crippen molar-refractivity contribution in [1.82, 2.24) is 24.5 Å². The second kappa shape index (κ2) is 10.2. The molecule has 0 atom stereocenters. The molecule has 0 unspecified atom stereocenters. The van der Waals surface area contributed by atoms with E-state index in [0.29, 0.717) is 39.9 Å². The van der Waals surface area contributed by atoms with E-state index in [1.807, 2.05) is 28.7 Å². The maximum Gasteiger partial charge on any atom is 0.262 e. The number of benzene rings is 2. The summed E-state index contributed by atoms with van der Waals surface area (Å²) in [6.07, 6.45) is 5.22. The quantitative estimate of drug-likeness (QED) is 0.350. The van der Waals surface area contributed by atoms with E-state index in [-0.39, 0.29) is 17.5 Å². The van der Waals surface area contributed by atoms with Crippen molar-refractivity contribution < 1.29 is 4.79 Å². The summed E-state index contributed by atoms with van der Waals surface area (Å²) < 4.78 is 3.66. The van der Waals surface area contributed by atoms with Crippen LogP contribution in [0.5, 0.6) is 0 Å². The van der Waals surface area contributed by atoms with Gasteiger partial charge < -0.3 is 5.32 Å². The average Bonchev–Trinajstić information content (AvgIpc) is 3.53. The fourth-order valence-electron chi connectivity index (χ4n) is 4.67. The molecule has 0 bridgehead atoms. The Balaban J connectivity index is 1.59. The highest BCUT2D eigenvalue weighted by Crippen LogP contribution is 2.26. The van der Waals surface area contributed by atoms with E-state index in [9.17, 15) is 9.59 Å². The number of carbonyl (C=O) groups is 1. The Kier molecular flexibility index (Phi) is 6.90. The summed E-state index contributed by atoms with van der Waals surface area (Å²) in [5.74, 6) is 1.61. The summed E-state index contributed by atoms with van der Waals surface area (Å²) in [6.45, 7) is 4.86. The highest BCUT2D eigenvalue weighted by Gasteiger charge is 2.21. The van der Waals surface area contributed by atoms with Crippen LogP contribution >= 0.6 is 11.8 Å². The third-order valence-electron chi connectivity index (χ3n) is 6.67. The molecular formula is C27H31N5O2S. The number of thioether (sulfide) groups is 1. The first-order valence-corrected chi connectivity index (χ1v) is 13.4. The number of nitrogens with zero attached hydrogens (tertiary/aromatic N) is 4. The molecule has 182 valence electrons. The van der Waals surface area contributed by atoms with Crippen molar-refractivity contribution in [3.8, 4) is 0 Å². The summed E-state index contributed by atoms with van der Waals surface area (Å²) in [7, 11) is 0. The van der Waals surface area contributed by atoms with Crippen molar-refractivity contribution in [2.45, 2.75) is 69.4 Å². The minimum absolute atomic E-state index is 0.0945. The Hall–Kier alpha value is -3.13. The van der Waals surface area contributed by atoms with Crippen LogP contribution in [0.15, 0.2) is 58.5 Å². The van der Waals surface area contributed by atoms with Crippen LogP contribution in [0.1, 0.15) is 61.9 Å². The molecule has 1 N–H and O–H groups in total. The smallest absolute Gasteiger partial charge is 0.262 e. The maximum absolute atomic E-state index is 13.5. The lowest BCUT2D eigenvalue weighted by molar-refractivity contribution is 0.0938.